The second-order valence-corrected chi connectivity index (χ2v) is 4.99. The molecule has 3 nitrogen and oxygen atoms in total. The standard InChI is InChI=1S/C13H15ClN2O/c1-8(2)12-13(17)16-11(15-12)7-9-3-5-10(14)6-4-9/h3-6,8,12H,7H2,1-2H3,(H,15,16,17). The van der Waals surface area contributed by atoms with Crippen molar-refractivity contribution in [3.63, 3.8) is 0 Å². The minimum atomic E-state index is -0.239. The van der Waals surface area contributed by atoms with Gasteiger partial charge < -0.3 is 5.32 Å². The van der Waals surface area contributed by atoms with Crippen molar-refractivity contribution >= 4 is 23.3 Å². The summed E-state index contributed by atoms with van der Waals surface area (Å²) in [6, 6.07) is 7.33. The summed E-state index contributed by atoms with van der Waals surface area (Å²) in [7, 11) is 0. The molecule has 1 aliphatic heterocycles. The Bertz CT molecular complexity index is 451. The Kier molecular flexibility index (Phi) is 3.48. The summed E-state index contributed by atoms with van der Waals surface area (Å²) in [5, 5.41) is 3.54. The van der Waals surface area contributed by atoms with Gasteiger partial charge in [-0.25, -0.2) is 0 Å². The number of amides is 1. The van der Waals surface area contributed by atoms with Crippen molar-refractivity contribution in [1.29, 1.82) is 0 Å². The number of carbonyl (C=O) groups excluding carboxylic acids is 1. The maximum absolute atomic E-state index is 11.6. The molecule has 0 aliphatic carbocycles. The van der Waals surface area contributed by atoms with Gasteiger partial charge in [0.15, 0.2) is 0 Å². The molecule has 1 heterocycles. The quantitative estimate of drug-likeness (QED) is 0.880. The van der Waals surface area contributed by atoms with E-state index >= 15 is 0 Å². The summed E-state index contributed by atoms with van der Waals surface area (Å²) in [6.45, 7) is 4.00. The van der Waals surface area contributed by atoms with Crippen LogP contribution in [0.15, 0.2) is 29.3 Å². The van der Waals surface area contributed by atoms with Crippen molar-refractivity contribution in [3.8, 4) is 0 Å². The van der Waals surface area contributed by atoms with E-state index < -0.39 is 0 Å². The summed E-state index contributed by atoms with van der Waals surface area (Å²) in [6.07, 6.45) is 0.645. The van der Waals surface area contributed by atoms with Crippen molar-refractivity contribution < 1.29 is 4.79 Å². The number of nitrogens with one attached hydrogen (secondary N) is 1. The van der Waals surface area contributed by atoms with Crippen LogP contribution in [-0.2, 0) is 11.2 Å². The lowest BCUT2D eigenvalue weighted by atomic mass is 10.1. The van der Waals surface area contributed by atoms with E-state index in [9.17, 15) is 4.79 Å². The molecule has 2 rings (SSSR count). The van der Waals surface area contributed by atoms with Gasteiger partial charge in [0.25, 0.3) is 0 Å². The van der Waals surface area contributed by atoms with Crippen LogP contribution in [0.2, 0.25) is 5.02 Å². The van der Waals surface area contributed by atoms with E-state index in [4.69, 9.17) is 11.6 Å². The number of carbonyl (C=O) groups is 1. The molecule has 17 heavy (non-hydrogen) atoms. The molecule has 1 unspecified atom stereocenters. The molecule has 1 aliphatic rings. The van der Waals surface area contributed by atoms with E-state index in [0.29, 0.717) is 11.4 Å². The van der Waals surface area contributed by atoms with E-state index in [2.05, 4.69) is 10.3 Å². The number of hydrogen-bond donors (Lipinski definition) is 1. The first kappa shape index (κ1) is 12.1. The molecule has 1 atom stereocenters. The second-order valence-electron chi connectivity index (χ2n) is 4.56. The highest BCUT2D eigenvalue weighted by atomic mass is 35.5. The summed E-state index contributed by atoms with van der Waals surface area (Å²) < 4.78 is 0. The van der Waals surface area contributed by atoms with E-state index in [-0.39, 0.29) is 17.9 Å². The summed E-state index contributed by atoms with van der Waals surface area (Å²) >= 11 is 5.82. The van der Waals surface area contributed by atoms with Crippen LogP contribution in [0.4, 0.5) is 0 Å². The molecule has 0 radical (unpaired) electrons. The lowest BCUT2D eigenvalue weighted by Gasteiger charge is -2.06. The number of amidine groups is 1. The van der Waals surface area contributed by atoms with Gasteiger partial charge in [0.2, 0.25) is 5.91 Å². The van der Waals surface area contributed by atoms with Crippen molar-refractivity contribution in [2.75, 3.05) is 0 Å². The van der Waals surface area contributed by atoms with E-state index in [1.165, 1.54) is 0 Å². The third-order valence-corrected chi connectivity index (χ3v) is 3.00. The number of benzene rings is 1. The molecule has 4 heteroatoms. The molecule has 0 fully saturated rings. The predicted octanol–water partition coefficient (Wildman–Crippen LogP) is 2.44. The smallest absolute Gasteiger partial charge is 0.250 e. The maximum Gasteiger partial charge on any atom is 0.250 e. The van der Waals surface area contributed by atoms with Crippen LogP contribution in [0.1, 0.15) is 19.4 Å². The Balaban J connectivity index is 2.08. The fourth-order valence-electron chi connectivity index (χ4n) is 1.81. The lowest BCUT2D eigenvalue weighted by Crippen LogP contribution is -2.31. The number of halogens is 1. The molecule has 1 aromatic carbocycles. The third kappa shape index (κ3) is 2.86. The van der Waals surface area contributed by atoms with Crippen molar-refractivity contribution in [1.82, 2.24) is 5.32 Å². The molecule has 1 amide bonds. The van der Waals surface area contributed by atoms with Gasteiger partial charge in [-0.3, -0.25) is 9.79 Å². The minimum absolute atomic E-state index is 0.00367. The van der Waals surface area contributed by atoms with Crippen LogP contribution in [0, 0.1) is 5.92 Å². The number of nitrogens with zero attached hydrogens (tertiary/aromatic N) is 1. The summed E-state index contributed by atoms with van der Waals surface area (Å²) in [5.74, 6) is 0.984. The highest BCUT2D eigenvalue weighted by molar-refractivity contribution is 6.30. The average molecular weight is 251 g/mol. The minimum Gasteiger partial charge on any atom is -0.312 e. The van der Waals surface area contributed by atoms with E-state index in [1.54, 1.807) is 0 Å². The molecule has 0 aromatic heterocycles. The highest BCUT2D eigenvalue weighted by Crippen LogP contribution is 2.14. The fraction of sp³-hybridized carbons (Fsp3) is 0.385. The largest absolute Gasteiger partial charge is 0.312 e. The summed E-state index contributed by atoms with van der Waals surface area (Å²) in [5.41, 5.74) is 1.10. The molecule has 0 spiro atoms. The van der Waals surface area contributed by atoms with Gasteiger partial charge in [-0.2, -0.15) is 0 Å². The van der Waals surface area contributed by atoms with Gasteiger partial charge in [0, 0.05) is 11.4 Å². The zero-order valence-electron chi connectivity index (χ0n) is 9.90. The van der Waals surface area contributed by atoms with Crippen LogP contribution in [0.5, 0.6) is 0 Å². The van der Waals surface area contributed by atoms with Crippen LogP contribution in [-0.4, -0.2) is 17.8 Å². The fourth-order valence-corrected chi connectivity index (χ4v) is 1.94. The van der Waals surface area contributed by atoms with Crippen molar-refractivity contribution in [3.05, 3.63) is 34.9 Å². The summed E-state index contributed by atoms with van der Waals surface area (Å²) in [4.78, 5) is 16.0. The van der Waals surface area contributed by atoms with Crippen molar-refractivity contribution in [2.24, 2.45) is 10.9 Å². The SMILES string of the molecule is CC(C)C1N=C(Cc2ccc(Cl)cc2)NC1=O. The number of hydrogen-bond acceptors (Lipinski definition) is 2. The molecular weight excluding hydrogens is 236 g/mol. The molecule has 1 aromatic rings. The Labute approximate surface area is 106 Å². The number of rotatable bonds is 3. The monoisotopic (exact) mass is 250 g/mol. The topological polar surface area (TPSA) is 41.5 Å². The zero-order valence-corrected chi connectivity index (χ0v) is 10.7. The first-order valence-corrected chi connectivity index (χ1v) is 6.06. The van der Waals surface area contributed by atoms with Gasteiger partial charge >= 0.3 is 0 Å². The zero-order chi connectivity index (χ0) is 12.4. The van der Waals surface area contributed by atoms with Gasteiger partial charge in [-0.15, -0.1) is 0 Å². The van der Waals surface area contributed by atoms with Crippen molar-refractivity contribution in [2.45, 2.75) is 26.3 Å². The first-order chi connectivity index (χ1) is 8.06. The van der Waals surface area contributed by atoms with Crippen LogP contribution >= 0.6 is 11.6 Å². The third-order valence-electron chi connectivity index (χ3n) is 2.75. The van der Waals surface area contributed by atoms with Crippen LogP contribution in [0.3, 0.4) is 0 Å². The van der Waals surface area contributed by atoms with Gasteiger partial charge in [-0.05, 0) is 23.6 Å². The maximum atomic E-state index is 11.6. The average Bonchev–Trinajstić information content (AvgIpc) is 2.63. The first-order valence-electron chi connectivity index (χ1n) is 5.68. The Morgan fingerprint density at radius 1 is 1.35 bits per heavy atom. The Morgan fingerprint density at radius 2 is 2.00 bits per heavy atom. The molecule has 90 valence electrons. The predicted molar refractivity (Wildman–Crippen MR) is 69.4 cm³/mol. The van der Waals surface area contributed by atoms with Crippen LogP contribution < -0.4 is 5.32 Å². The highest BCUT2D eigenvalue weighted by Gasteiger charge is 2.28. The second kappa shape index (κ2) is 4.88. The van der Waals surface area contributed by atoms with Gasteiger partial charge in [0.1, 0.15) is 11.9 Å². The molecule has 1 N–H and O–H groups in total. The normalized spacial score (nSPS) is 19.4. The molecule has 0 saturated heterocycles. The lowest BCUT2D eigenvalue weighted by molar-refractivity contribution is -0.120. The van der Waals surface area contributed by atoms with Crippen LogP contribution in [0.25, 0.3) is 0 Å². The van der Waals surface area contributed by atoms with Gasteiger partial charge in [0.05, 0.1) is 0 Å². The molecule has 0 saturated carbocycles. The molecular formula is C13H15ClN2O. The van der Waals surface area contributed by atoms with E-state index in [0.717, 1.165) is 11.4 Å². The Hall–Kier alpha value is -1.35. The Morgan fingerprint density at radius 3 is 2.53 bits per heavy atom. The molecule has 0 bridgehead atoms. The van der Waals surface area contributed by atoms with Gasteiger partial charge in [-0.1, -0.05) is 37.6 Å². The number of aliphatic imine (C=N–C) groups is 1. The van der Waals surface area contributed by atoms with E-state index in [1.807, 2.05) is 38.1 Å².